The van der Waals surface area contributed by atoms with Gasteiger partial charge in [-0.05, 0) is 29.4 Å². The van der Waals surface area contributed by atoms with E-state index in [1.165, 1.54) is 12.1 Å². The number of hydrogen-bond acceptors (Lipinski definition) is 3. The average molecular weight is 347 g/mol. The Kier molecular flexibility index (Phi) is 4.42. The van der Waals surface area contributed by atoms with E-state index in [9.17, 15) is 9.18 Å². The molecule has 1 saturated carbocycles. The first-order valence-corrected chi connectivity index (χ1v) is 9.16. The number of aromatic nitrogens is 2. The lowest BCUT2D eigenvalue weighted by Gasteiger charge is -2.07. The van der Waals surface area contributed by atoms with E-state index in [-0.39, 0.29) is 29.0 Å². The minimum atomic E-state index is -0.251. The number of halogens is 1. The Labute approximate surface area is 145 Å². The molecule has 2 atom stereocenters. The van der Waals surface area contributed by atoms with Crippen molar-refractivity contribution in [3.05, 3.63) is 47.5 Å². The van der Waals surface area contributed by atoms with Gasteiger partial charge in [-0.15, -0.1) is 0 Å². The molecule has 1 amide bonds. The average Bonchev–Trinajstić information content (AvgIpc) is 2.94. The topological polar surface area (TPSA) is 46.9 Å². The second-order valence-electron chi connectivity index (χ2n) is 6.84. The monoisotopic (exact) mass is 347 g/mol. The van der Waals surface area contributed by atoms with Crippen molar-refractivity contribution >= 4 is 17.7 Å². The molecule has 1 aliphatic rings. The Balaban J connectivity index is 1.66. The van der Waals surface area contributed by atoms with Crippen LogP contribution in [0.1, 0.15) is 31.0 Å². The highest BCUT2D eigenvalue weighted by Gasteiger charge is 2.62. The van der Waals surface area contributed by atoms with E-state index in [1.54, 1.807) is 30.1 Å². The van der Waals surface area contributed by atoms with Crippen molar-refractivity contribution in [1.29, 1.82) is 0 Å². The zero-order valence-corrected chi connectivity index (χ0v) is 15.2. The van der Waals surface area contributed by atoms with Crippen LogP contribution in [0.25, 0.3) is 0 Å². The van der Waals surface area contributed by atoms with Crippen LogP contribution in [0.2, 0.25) is 0 Å². The molecule has 24 heavy (non-hydrogen) atoms. The summed E-state index contributed by atoms with van der Waals surface area (Å²) in [6.45, 7) is 4.63. The number of carbonyl (C=O) groups excluding carboxylic acids is 1. The zero-order chi connectivity index (χ0) is 17.5. The number of thioether (sulfide) groups is 1. The van der Waals surface area contributed by atoms with Crippen LogP contribution >= 0.6 is 11.8 Å². The summed E-state index contributed by atoms with van der Waals surface area (Å²) in [6.07, 6.45) is 3.77. The van der Waals surface area contributed by atoms with Gasteiger partial charge in [0.15, 0.2) is 5.16 Å². The molecule has 128 valence electrons. The van der Waals surface area contributed by atoms with E-state index in [1.807, 2.05) is 17.9 Å². The predicted molar refractivity (Wildman–Crippen MR) is 93.2 cm³/mol. The van der Waals surface area contributed by atoms with E-state index in [4.69, 9.17) is 0 Å². The van der Waals surface area contributed by atoms with Gasteiger partial charge in [-0.3, -0.25) is 4.79 Å². The second kappa shape index (κ2) is 6.24. The third-order valence-corrected chi connectivity index (χ3v) is 5.75. The van der Waals surface area contributed by atoms with E-state index < -0.39 is 0 Å². The van der Waals surface area contributed by atoms with Gasteiger partial charge in [0.1, 0.15) is 5.82 Å². The molecule has 0 saturated heterocycles. The first kappa shape index (κ1) is 17.0. The van der Waals surface area contributed by atoms with E-state index in [0.29, 0.717) is 6.54 Å². The smallest absolute Gasteiger partial charge is 0.224 e. The first-order chi connectivity index (χ1) is 11.4. The van der Waals surface area contributed by atoms with Crippen LogP contribution in [-0.4, -0.2) is 21.7 Å². The highest BCUT2D eigenvalue weighted by atomic mass is 32.2. The number of rotatable bonds is 5. The van der Waals surface area contributed by atoms with Crippen molar-refractivity contribution in [2.75, 3.05) is 6.26 Å². The molecule has 0 aliphatic heterocycles. The molecule has 3 rings (SSSR count). The van der Waals surface area contributed by atoms with Crippen LogP contribution in [-0.2, 0) is 18.4 Å². The number of amides is 1. The molecule has 4 nitrogen and oxygen atoms in total. The summed E-state index contributed by atoms with van der Waals surface area (Å²) in [5.74, 6) is -0.164. The summed E-state index contributed by atoms with van der Waals surface area (Å²) >= 11 is 1.58. The molecule has 1 aromatic carbocycles. The molecule has 1 aromatic heterocycles. The number of imidazole rings is 1. The summed E-state index contributed by atoms with van der Waals surface area (Å²) < 4.78 is 15.1. The van der Waals surface area contributed by atoms with Gasteiger partial charge in [-0.25, -0.2) is 9.37 Å². The number of hydrogen-bond donors (Lipinski definition) is 1. The largest absolute Gasteiger partial charge is 0.350 e. The molecule has 1 aliphatic carbocycles. The number of nitrogens with one attached hydrogen (secondary N) is 1. The molecular weight excluding hydrogens is 325 g/mol. The van der Waals surface area contributed by atoms with Gasteiger partial charge in [0.25, 0.3) is 0 Å². The molecule has 2 unspecified atom stereocenters. The molecular formula is C18H22FN3OS. The highest BCUT2D eigenvalue weighted by molar-refractivity contribution is 7.98. The van der Waals surface area contributed by atoms with Crippen LogP contribution in [0.15, 0.2) is 35.6 Å². The van der Waals surface area contributed by atoms with Gasteiger partial charge < -0.3 is 9.88 Å². The predicted octanol–water partition coefficient (Wildman–Crippen LogP) is 3.34. The Morgan fingerprint density at radius 2 is 2.04 bits per heavy atom. The Morgan fingerprint density at radius 1 is 1.38 bits per heavy atom. The third kappa shape index (κ3) is 2.95. The summed E-state index contributed by atoms with van der Waals surface area (Å²) in [4.78, 5) is 16.9. The Hall–Kier alpha value is -1.82. The molecule has 0 bridgehead atoms. The fraction of sp³-hybridized carbons (Fsp3) is 0.444. The van der Waals surface area contributed by atoms with Crippen LogP contribution in [0.4, 0.5) is 4.39 Å². The number of carbonyl (C=O) groups is 1. The highest BCUT2D eigenvalue weighted by Crippen LogP contribution is 2.64. The van der Waals surface area contributed by atoms with Crippen molar-refractivity contribution in [3.63, 3.8) is 0 Å². The van der Waals surface area contributed by atoms with Gasteiger partial charge in [-0.2, -0.15) is 0 Å². The lowest BCUT2D eigenvalue weighted by Crippen LogP contribution is -2.27. The fourth-order valence-electron chi connectivity index (χ4n) is 3.49. The van der Waals surface area contributed by atoms with Gasteiger partial charge >= 0.3 is 0 Å². The molecule has 0 radical (unpaired) electrons. The summed E-state index contributed by atoms with van der Waals surface area (Å²) in [5, 5.41) is 3.95. The van der Waals surface area contributed by atoms with E-state index in [0.717, 1.165) is 16.4 Å². The molecule has 0 spiro atoms. The maximum absolute atomic E-state index is 13.1. The lowest BCUT2D eigenvalue weighted by molar-refractivity contribution is -0.123. The quantitative estimate of drug-likeness (QED) is 0.844. The Bertz CT molecular complexity index is 754. The van der Waals surface area contributed by atoms with Crippen LogP contribution in [0.5, 0.6) is 0 Å². The minimum Gasteiger partial charge on any atom is -0.350 e. The van der Waals surface area contributed by atoms with Crippen molar-refractivity contribution < 1.29 is 9.18 Å². The standard InChI is InChI=1S/C18H22FN3OS/c1-18(2)14(11-5-7-12(19)8-6-11)15(18)16(23)20-9-13-10-21-17(24-4)22(13)3/h5-8,10,14-15H,9H2,1-4H3,(H,20,23). The van der Waals surface area contributed by atoms with Crippen molar-refractivity contribution in [3.8, 4) is 0 Å². The van der Waals surface area contributed by atoms with Crippen molar-refractivity contribution in [2.45, 2.75) is 31.5 Å². The normalized spacial score (nSPS) is 21.5. The van der Waals surface area contributed by atoms with Crippen molar-refractivity contribution in [1.82, 2.24) is 14.9 Å². The Morgan fingerprint density at radius 3 is 2.62 bits per heavy atom. The van der Waals surface area contributed by atoms with E-state index >= 15 is 0 Å². The van der Waals surface area contributed by atoms with Crippen molar-refractivity contribution in [2.24, 2.45) is 18.4 Å². The molecule has 2 aromatic rings. The van der Waals surface area contributed by atoms with Crippen LogP contribution in [0, 0.1) is 17.2 Å². The van der Waals surface area contributed by atoms with Gasteiger partial charge in [0.2, 0.25) is 5.91 Å². The zero-order valence-electron chi connectivity index (χ0n) is 14.3. The van der Waals surface area contributed by atoms with Gasteiger partial charge in [0, 0.05) is 13.0 Å². The number of nitrogens with zero attached hydrogens (tertiary/aromatic N) is 2. The maximum Gasteiger partial charge on any atom is 0.224 e. The maximum atomic E-state index is 13.1. The van der Waals surface area contributed by atoms with Crippen LogP contribution in [0.3, 0.4) is 0 Å². The van der Waals surface area contributed by atoms with Crippen LogP contribution < -0.4 is 5.32 Å². The summed E-state index contributed by atoms with van der Waals surface area (Å²) in [5.41, 5.74) is 1.88. The first-order valence-electron chi connectivity index (χ1n) is 7.94. The summed E-state index contributed by atoms with van der Waals surface area (Å²) in [6, 6.07) is 6.47. The lowest BCUT2D eigenvalue weighted by atomic mass is 10.0. The minimum absolute atomic E-state index is 0.0428. The van der Waals surface area contributed by atoms with Gasteiger partial charge in [-0.1, -0.05) is 37.7 Å². The molecule has 6 heteroatoms. The molecule has 1 fully saturated rings. The van der Waals surface area contributed by atoms with E-state index in [2.05, 4.69) is 24.1 Å². The second-order valence-corrected chi connectivity index (χ2v) is 7.61. The fourth-order valence-corrected chi connectivity index (χ4v) is 4.04. The SMILES string of the molecule is CSc1ncc(CNC(=O)C2C(c3ccc(F)cc3)C2(C)C)n1C. The number of benzene rings is 1. The molecule has 1 heterocycles. The van der Waals surface area contributed by atoms with Gasteiger partial charge in [0.05, 0.1) is 24.4 Å². The summed E-state index contributed by atoms with van der Waals surface area (Å²) in [7, 11) is 1.95. The molecule has 1 N–H and O–H groups in total. The third-order valence-electron chi connectivity index (χ3n) is 5.01.